The van der Waals surface area contributed by atoms with E-state index in [4.69, 9.17) is 0 Å². The summed E-state index contributed by atoms with van der Waals surface area (Å²) in [6.07, 6.45) is 13.3. The van der Waals surface area contributed by atoms with Crippen molar-refractivity contribution in [1.82, 2.24) is 0 Å². The standard InChI is InChI=1S/C28H43NO4/c1-18(6-11-26(32)29(33)16-4-5-25(29)31)22-9-10-23-21-8-7-19-17-20(30)12-14-27(19,2)24(21)13-15-28(22,23)3/h7,18,20-24,30H,4-6,8-17H2,1-3H3. The fraction of sp³-hybridized carbons (Fsp3) is 0.857. The van der Waals surface area contributed by atoms with Gasteiger partial charge in [-0.3, -0.25) is 0 Å². The van der Waals surface area contributed by atoms with E-state index in [1.165, 1.54) is 37.7 Å². The van der Waals surface area contributed by atoms with Crippen molar-refractivity contribution in [3.05, 3.63) is 16.9 Å². The second kappa shape index (κ2) is 8.27. The summed E-state index contributed by atoms with van der Waals surface area (Å²) in [5.41, 5.74) is 2.11. The molecule has 5 rings (SSSR count). The number of rotatable bonds is 4. The van der Waals surface area contributed by atoms with Gasteiger partial charge in [0.2, 0.25) is 0 Å². The van der Waals surface area contributed by atoms with Crippen molar-refractivity contribution >= 4 is 11.8 Å². The van der Waals surface area contributed by atoms with E-state index < -0.39 is 16.5 Å². The quantitative estimate of drug-likeness (QED) is 0.343. The van der Waals surface area contributed by atoms with Crippen LogP contribution in [0.3, 0.4) is 0 Å². The fourth-order valence-electron chi connectivity index (χ4n) is 9.37. The molecule has 33 heavy (non-hydrogen) atoms. The maximum atomic E-state index is 12.7. The van der Waals surface area contributed by atoms with Gasteiger partial charge in [-0.05, 0) is 98.2 Å². The first-order valence-corrected chi connectivity index (χ1v) is 13.6. The molecule has 0 radical (unpaired) electrons. The molecule has 5 aliphatic rings. The first-order valence-electron chi connectivity index (χ1n) is 13.6. The zero-order chi connectivity index (χ0) is 23.6. The summed E-state index contributed by atoms with van der Waals surface area (Å²) in [6.45, 7) is 7.42. The van der Waals surface area contributed by atoms with Crippen LogP contribution in [0.5, 0.6) is 0 Å². The van der Waals surface area contributed by atoms with Crippen LogP contribution in [-0.2, 0) is 9.59 Å². The molecule has 2 amide bonds. The van der Waals surface area contributed by atoms with Crippen LogP contribution in [0, 0.1) is 45.6 Å². The SMILES string of the molecule is CC(CCC(=O)[N+]1([O-])CCCC1=O)C1CCC2C3CC=C4CC(O)CCC4(C)C3CCC12C. The minimum atomic E-state index is -1.21. The van der Waals surface area contributed by atoms with Gasteiger partial charge in [-0.2, -0.15) is 0 Å². The van der Waals surface area contributed by atoms with Gasteiger partial charge >= 0.3 is 11.8 Å². The van der Waals surface area contributed by atoms with Crippen LogP contribution in [0.1, 0.15) is 97.8 Å². The van der Waals surface area contributed by atoms with Gasteiger partial charge in [0.15, 0.2) is 0 Å². The first kappa shape index (κ1) is 23.7. The maximum Gasteiger partial charge on any atom is 0.321 e. The number of aliphatic hydroxyl groups is 1. The molecule has 1 saturated heterocycles. The second-order valence-electron chi connectivity index (χ2n) is 12.8. The van der Waals surface area contributed by atoms with Crippen molar-refractivity contribution in [3.8, 4) is 0 Å². The van der Waals surface area contributed by atoms with Gasteiger partial charge < -0.3 is 10.3 Å². The second-order valence-corrected chi connectivity index (χ2v) is 12.8. The predicted octanol–water partition coefficient (Wildman–Crippen LogP) is 5.50. The summed E-state index contributed by atoms with van der Waals surface area (Å²) in [4.78, 5) is 24.6. The van der Waals surface area contributed by atoms with E-state index in [1.807, 2.05) is 0 Å². The Labute approximate surface area is 199 Å². The van der Waals surface area contributed by atoms with Crippen LogP contribution in [0.2, 0.25) is 0 Å². The van der Waals surface area contributed by atoms with E-state index in [2.05, 4.69) is 26.8 Å². The Kier molecular flexibility index (Phi) is 5.94. The zero-order valence-electron chi connectivity index (χ0n) is 20.9. The molecule has 0 bridgehead atoms. The lowest BCUT2D eigenvalue weighted by Crippen LogP contribution is -2.51. The molecule has 4 aliphatic carbocycles. The van der Waals surface area contributed by atoms with E-state index >= 15 is 0 Å². The van der Waals surface area contributed by atoms with Crippen LogP contribution in [0.4, 0.5) is 0 Å². The smallest absolute Gasteiger partial charge is 0.321 e. The largest absolute Gasteiger partial charge is 0.618 e. The highest BCUT2D eigenvalue weighted by molar-refractivity contribution is 5.86. The number of carbonyl (C=O) groups excluding carboxylic acids is 2. The molecule has 4 fully saturated rings. The van der Waals surface area contributed by atoms with Crippen molar-refractivity contribution in [2.75, 3.05) is 6.54 Å². The van der Waals surface area contributed by atoms with Gasteiger partial charge in [0.25, 0.3) is 0 Å². The number of fused-ring (bicyclic) bond motifs is 5. The molecule has 9 unspecified atom stereocenters. The monoisotopic (exact) mass is 457 g/mol. The first-order chi connectivity index (χ1) is 15.6. The Morgan fingerprint density at radius 2 is 2.00 bits per heavy atom. The van der Waals surface area contributed by atoms with E-state index in [1.54, 1.807) is 0 Å². The summed E-state index contributed by atoms with van der Waals surface area (Å²) in [5, 5.41) is 22.9. The topological polar surface area (TPSA) is 77.4 Å². The number of imide groups is 1. The van der Waals surface area contributed by atoms with E-state index in [0.717, 1.165) is 43.4 Å². The molecule has 0 aromatic rings. The third kappa shape index (κ3) is 3.60. The lowest BCUT2D eigenvalue weighted by atomic mass is 9.47. The van der Waals surface area contributed by atoms with Gasteiger partial charge in [-0.15, -0.1) is 0 Å². The molecule has 1 N–H and O–H groups in total. The highest BCUT2D eigenvalue weighted by Gasteiger charge is 2.59. The van der Waals surface area contributed by atoms with Crippen molar-refractivity contribution in [1.29, 1.82) is 0 Å². The van der Waals surface area contributed by atoms with E-state index in [0.29, 0.717) is 23.7 Å². The Bertz CT molecular complexity index is 853. The molecule has 0 spiro atoms. The molecule has 1 aliphatic heterocycles. The molecule has 5 nitrogen and oxygen atoms in total. The molecule has 3 saturated carbocycles. The molecular weight excluding hydrogens is 414 g/mol. The number of allylic oxidation sites excluding steroid dienone is 1. The van der Waals surface area contributed by atoms with Crippen LogP contribution >= 0.6 is 0 Å². The summed E-state index contributed by atoms with van der Waals surface area (Å²) >= 11 is 0. The van der Waals surface area contributed by atoms with Crippen molar-refractivity contribution in [3.63, 3.8) is 0 Å². The van der Waals surface area contributed by atoms with Crippen LogP contribution in [0.25, 0.3) is 0 Å². The Hall–Kier alpha value is -1.04. The van der Waals surface area contributed by atoms with Crippen molar-refractivity contribution in [2.45, 2.75) is 104 Å². The normalized spacial score (nSPS) is 48.0. The average molecular weight is 458 g/mol. The highest BCUT2D eigenvalue weighted by atomic mass is 16.6. The molecular formula is C28H43NO4. The van der Waals surface area contributed by atoms with E-state index in [-0.39, 0.29) is 30.9 Å². The lowest BCUT2D eigenvalue weighted by Gasteiger charge is -2.58. The highest BCUT2D eigenvalue weighted by Crippen LogP contribution is 2.67. The summed E-state index contributed by atoms with van der Waals surface area (Å²) in [5.74, 6) is 2.36. The molecule has 9 atom stereocenters. The number of amides is 2. The average Bonchev–Trinajstić information content (AvgIpc) is 3.32. The van der Waals surface area contributed by atoms with Crippen LogP contribution < -0.4 is 0 Å². The van der Waals surface area contributed by atoms with Crippen molar-refractivity contribution < 1.29 is 19.3 Å². The predicted molar refractivity (Wildman–Crippen MR) is 127 cm³/mol. The lowest BCUT2D eigenvalue weighted by molar-refractivity contribution is -0.716. The van der Waals surface area contributed by atoms with Crippen molar-refractivity contribution in [2.24, 2.45) is 40.4 Å². The molecule has 184 valence electrons. The number of hydroxylamine groups is 3. The van der Waals surface area contributed by atoms with E-state index in [9.17, 15) is 19.9 Å². The number of hydrogen-bond donors (Lipinski definition) is 1. The number of nitrogens with zero attached hydrogens (tertiary/aromatic N) is 1. The number of likely N-dealkylation sites (tertiary alicyclic amines) is 1. The van der Waals surface area contributed by atoms with Gasteiger partial charge in [0.1, 0.15) is 0 Å². The molecule has 1 heterocycles. The molecule has 0 aromatic heterocycles. The fourth-order valence-corrected chi connectivity index (χ4v) is 9.37. The Morgan fingerprint density at radius 1 is 1.21 bits per heavy atom. The van der Waals surface area contributed by atoms with Gasteiger partial charge in [0.05, 0.1) is 25.5 Å². The van der Waals surface area contributed by atoms with Gasteiger partial charge in [-0.25, -0.2) is 14.2 Å². The minimum absolute atomic E-state index is 0.142. The number of carbonyl (C=O) groups is 2. The number of quaternary nitrogens is 1. The third-order valence-electron chi connectivity index (χ3n) is 11.3. The van der Waals surface area contributed by atoms with Gasteiger partial charge in [-0.1, -0.05) is 32.4 Å². The number of hydrogen-bond acceptors (Lipinski definition) is 4. The van der Waals surface area contributed by atoms with Gasteiger partial charge in [0, 0.05) is 6.42 Å². The summed E-state index contributed by atoms with van der Waals surface area (Å²) < 4.78 is -1.21. The summed E-state index contributed by atoms with van der Waals surface area (Å²) in [7, 11) is 0. The van der Waals surface area contributed by atoms with Crippen LogP contribution in [-0.4, -0.2) is 34.2 Å². The Balaban J connectivity index is 1.27. The third-order valence-corrected chi connectivity index (χ3v) is 11.3. The zero-order valence-corrected chi connectivity index (χ0v) is 20.9. The molecule has 5 heteroatoms. The summed E-state index contributed by atoms with van der Waals surface area (Å²) in [6, 6.07) is 0. The number of aliphatic hydroxyl groups excluding tert-OH is 1. The Morgan fingerprint density at radius 3 is 2.73 bits per heavy atom. The molecule has 0 aromatic carbocycles. The minimum Gasteiger partial charge on any atom is -0.618 e. The van der Waals surface area contributed by atoms with Crippen LogP contribution in [0.15, 0.2) is 11.6 Å². The maximum absolute atomic E-state index is 12.7.